The van der Waals surface area contributed by atoms with Crippen molar-refractivity contribution < 1.29 is 4.79 Å². The van der Waals surface area contributed by atoms with Crippen LogP contribution in [0.5, 0.6) is 0 Å². The standard InChI is InChI=1S/C14H28N2O.ClH/c1-4-12(5-2)9-14(17)16-8-6-7-13(10-16)11(3)15;/h11-13H,4-10,15H2,1-3H3;1H. The molecule has 0 aromatic rings. The Hall–Kier alpha value is -0.280. The van der Waals surface area contributed by atoms with Gasteiger partial charge in [-0.3, -0.25) is 4.79 Å². The second kappa shape index (κ2) is 8.76. The second-order valence-corrected chi connectivity index (χ2v) is 5.49. The number of hydrogen-bond donors (Lipinski definition) is 1. The summed E-state index contributed by atoms with van der Waals surface area (Å²) in [5.41, 5.74) is 5.95. The summed E-state index contributed by atoms with van der Waals surface area (Å²) in [6.07, 6.45) is 5.21. The fourth-order valence-electron chi connectivity index (χ4n) is 2.62. The number of halogens is 1. The van der Waals surface area contributed by atoms with E-state index in [0.717, 1.165) is 38.8 Å². The van der Waals surface area contributed by atoms with Gasteiger partial charge in [-0.2, -0.15) is 0 Å². The Balaban J connectivity index is 0.00000289. The largest absolute Gasteiger partial charge is 0.342 e. The quantitative estimate of drug-likeness (QED) is 0.839. The summed E-state index contributed by atoms with van der Waals surface area (Å²) < 4.78 is 0. The van der Waals surface area contributed by atoms with Gasteiger partial charge in [-0.25, -0.2) is 0 Å². The summed E-state index contributed by atoms with van der Waals surface area (Å²) in [7, 11) is 0. The molecular formula is C14H29ClN2O. The van der Waals surface area contributed by atoms with E-state index in [1.807, 2.05) is 4.90 Å². The van der Waals surface area contributed by atoms with Gasteiger partial charge in [-0.05, 0) is 31.6 Å². The molecule has 1 aliphatic heterocycles. The summed E-state index contributed by atoms with van der Waals surface area (Å²) >= 11 is 0. The molecule has 108 valence electrons. The van der Waals surface area contributed by atoms with Crippen molar-refractivity contribution in [1.82, 2.24) is 4.90 Å². The van der Waals surface area contributed by atoms with E-state index in [4.69, 9.17) is 5.73 Å². The topological polar surface area (TPSA) is 46.3 Å². The highest BCUT2D eigenvalue weighted by Crippen LogP contribution is 2.21. The van der Waals surface area contributed by atoms with Crippen molar-refractivity contribution in [3.05, 3.63) is 0 Å². The maximum Gasteiger partial charge on any atom is 0.222 e. The Morgan fingerprint density at radius 2 is 2.00 bits per heavy atom. The Morgan fingerprint density at radius 3 is 2.50 bits per heavy atom. The number of likely N-dealkylation sites (tertiary alicyclic amines) is 1. The molecule has 1 saturated heterocycles. The number of rotatable bonds is 5. The monoisotopic (exact) mass is 276 g/mol. The third kappa shape index (κ3) is 5.15. The molecule has 1 amide bonds. The van der Waals surface area contributed by atoms with Crippen LogP contribution in [0.15, 0.2) is 0 Å². The maximum atomic E-state index is 12.2. The van der Waals surface area contributed by atoms with Gasteiger partial charge in [-0.1, -0.05) is 26.7 Å². The first-order valence-corrected chi connectivity index (χ1v) is 7.11. The lowest BCUT2D eigenvalue weighted by Gasteiger charge is -2.35. The van der Waals surface area contributed by atoms with Gasteiger partial charge in [0, 0.05) is 25.6 Å². The van der Waals surface area contributed by atoms with Gasteiger partial charge in [-0.15, -0.1) is 12.4 Å². The molecule has 0 aliphatic carbocycles. The minimum Gasteiger partial charge on any atom is -0.342 e. The average Bonchev–Trinajstić information content (AvgIpc) is 2.35. The predicted molar refractivity (Wildman–Crippen MR) is 78.9 cm³/mol. The molecule has 0 bridgehead atoms. The van der Waals surface area contributed by atoms with Gasteiger partial charge in [0.05, 0.1) is 0 Å². The molecule has 2 atom stereocenters. The van der Waals surface area contributed by atoms with Crippen LogP contribution < -0.4 is 5.73 Å². The molecule has 2 N–H and O–H groups in total. The van der Waals surface area contributed by atoms with Crippen molar-refractivity contribution in [1.29, 1.82) is 0 Å². The molecule has 0 radical (unpaired) electrons. The Labute approximate surface area is 118 Å². The van der Waals surface area contributed by atoms with Crippen molar-refractivity contribution in [2.24, 2.45) is 17.6 Å². The molecule has 2 unspecified atom stereocenters. The Morgan fingerprint density at radius 1 is 1.39 bits per heavy atom. The molecule has 1 rings (SSSR count). The number of hydrogen-bond acceptors (Lipinski definition) is 2. The van der Waals surface area contributed by atoms with Gasteiger partial charge < -0.3 is 10.6 Å². The van der Waals surface area contributed by atoms with Crippen molar-refractivity contribution in [2.75, 3.05) is 13.1 Å². The van der Waals surface area contributed by atoms with Crippen LogP contribution in [0.25, 0.3) is 0 Å². The van der Waals surface area contributed by atoms with Crippen LogP contribution in [-0.2, 0) is 4.79 Å². The lowest BCUT2D eigenvalue weighted by atomic mass is 9.91. The predicted octanol–water partition coefficient (Wildman–Crippen LogP) is 2.82. The highest BCUT2D eigenvalue weighted by molar-refractivity contribution is 5.85. The molecule has 0 aromatic heterocycles. The molecule has 0 saturated carbocycles. The Bertz CT molecular complexity index is 242. The fraction of sp³-hybridized carbons (Fsp3) is 0.929. The minimum atomic E-state index is 0. The minimum absolute atomic E-state index is 0. The van der Waals surface area contributed by atoms with Crippen LogP contribution in [0.3, 0.4) is 0 Å². The van der Waals surface area contributed by atoms with Crippen LogP contribution in [0, 0.1) is 11.8 Å². The molecular weight excluding hydrogens is 248 g/mol. The molecule has 0 spiro atoms. The highest BCUT2D eigenvalue weighted by Gasteiger charge is 2.26. The lowest BCUT2D eigenvalue weighted by molar-refractivity contribution is -0.134. The SMILES string of the molecule is CCC(CC)CC(=O)N1CCCC(C(C)N)C1.Cl. The van der Waals surface area contributed by atoms with Gasteiger partial charge in [0.1, 0.15) is 0 Å². The maximum absolute atomic E-state index is 12.2. The van der Waals surface area contributed by atoms with E-state index in [1.54, 1.807) is 0 Å². The van der Waals surface area contributed by atoms with Gasteiger partial charge >= 0.3 is 0 Å². The van der Waals surface area contributed by atoms with E-state index in [9.17, 15) is 4.79 Å². The van der Waals surface area contributed by atoms with Crippen LogP contribution in [0.4, 0.5) is 0 Å². The molecule has 3 nitrogen and oxygen atoms in total. The zero-order valence-electron chi connectivity index (χ0n) is 12.0. The second-order valence-electron chi connectivity index (χ2n) is 5.49. The number of carbonyl (C=O) groups excluding carboxylic acids is 1. The van der Waals surface area contributed by atoms with E-state index in [0.29, 0.717) is 17.7 Å². The van der Waals surface area contributed by atoms with E-state index < -0.39 is 0 Å². The van der Waals surface area contributed by atoms with Crippen LogP contribution >= 0.6 is 12.4 Å². The van der Waals surface area contributed by atoms with Crippen molar-refractivity contribution in [3.63, 3.8) is 0 Å². The number of carbonyl (C=O) groups is 1. The first-order valence-electron chi connectivity index (χ1n) is 7.11. The zero-order valence-corrected chi connectivity index (χ0v) is 12.8. The highest BCUT2D eigenvalue weighted by atomic mass is 35.5. The van der Waals surface area contributed by atoms with Crippen LogP contribution in [0.1, 0.15) is 52.9 Å². The number of amides is 1. The third-order valence-corrected chi connectivity index (χ3v) is 4.17. The normalized spacial score (nSPS) is 21.6. The summed E-state index contributed by atoms with van der Waals surface area (Å²) in [5, 5.41) is 0. The van der Waals surface area contributed by atoms with E-state index >= 15 is 0 Å². The van der Waals surface area contributed by atoms with E-state index in [-0.39, 0.29) is 18.4 Å². The van der Waals surface area contributed by atoms with E-state index in [1.165, 1.54) is 6.42 Å². The number of nitrogens with two attached hydrogens (primary N) is 1. The first kappa shape index (κ1) is 17.7. The van der Waals surface area contributed by atoms with Crippen LogP contribution in [0.2, 0.25) is 0 Å². The average molecular weight is 277 g/mol. The van der Waals surface area contributed by atoms with Gasteiger partial charge in [0.25, 0.3) is 0 Å². The zero-order chi connectivity index (χ0) is 12.8. The fourth-order valence-corrected chi connectivity index (χ4v) is 2.62. The van der Waals surface area contributed by atoms with Gasteiger partial charge in [0.2, 0.25) is 5.91 Å². The van der Waals surface area contributed by atoms with Crippen molar-refractivity contribution in [3.8, 4) is 0 Å². The summed E-state index contributed by atoms with van der Waals surface area (Å²) in [5.74, 6) is 1.39. The molecule has 18 heavy (non-hydrogen) atoms. The number of nitrogens with zero attached hydrogens (tertiary/aromatic N) is 1. The first-order chi connectivity index (χ1) is 8.08. The molecule has 4 heteroatoms. The number of piperidine rings is 1. The lowest BCUT2D eigenvalue weighted by Crippen LogP contribution is -2.45. The third-order valence-electron chi connectivity index (χ3n) is 4.17. The molecule has 1 heterocycles. The van der Waals surface area contributed by atoms with E-state index in [2.05, 4.69) is 20.8 Å². The summed E-state index contributed by atoms with van der Waals surface area (Å²) in [6.45, 7) is 8.20. The summed E-state index contributed by atoms with van der Waals surface area (Å²) in [4.78, 5) is 14.2. The van der Waals surface area contributed by atoms with Gasteiger partial charge in [0.15, 0.2) is 0 Å². The molecule has 1 aliphatic rings. The molecule has 0 aromatic carbocycles. The van der Waals surface area contributed by atoms with Crippen LogP contribution in [-0.4, -0.2) is 29.9 Å². The summed E-state index contributed by atoms with van der Waals surface area (Å²) in [6, 6.07) is 0.207. The Kier molecular flexibility index (Phi) is 8.62. The smallest absolute Gasteiger partial charge is 0.222 e. The molecule has 1 fully saturated rings. The van der Waals surface area contributed by atoms with Crippen molar-refractivity contribution >= 4 is 18.3 Å². The van der Waals surface area contributed by atoms with Crippen molar-refractivity contribution in [2.45, 2.75) is 58.9 Å².